The largest absolute Gasteiger partial charge is 0.314 e. The van der Waals surface area contributed by atoms with E-state index in [-0.39, 0.29) is 0 Å². The Bertz CT molecular complexity index is 1780. The molecule has 0 saturated carbocycles. The molecule has 0 saturated heterocycles. The minimum atomic E-state index is 0.990. The van der Waals surface area contributed by atoms with Crippen LogP contribution >= 0.6 is 0 Å². The Morgan fingerprint density at radius 1 is 0.500 bits per heavy atom. The fourth-order valence-corrected chi connectivity index (χ4v) is 6.79. The molecule has 0 radical (unpaired) electrons. The number of benzene rings is 4. The third-order valence-electron chi connectivity index (χ3n) is 8.90. The van der Waals surface area contributed by atoms with E-state index < -0.39 is 0 Å². The Morgan fingerprint density at radius 3 is 1.50 bits per heavy atom. The summed E-state index contributed by atoms with van der Waals surface area (Å²) in [4.78, 5) is 4.91. The average molecular weight is 577 g/mol. The maximum absolute atomic E-state index is 2.46. The molecule has 222 valence electrons. The SMILES string of the molecule is CC1=CCCC(N(c2cccc(C)c2)c2ccc(C3=C(C)C=C(N(c4cccc(C)c4)c4cccc(C)c4)CC3)c(C)c2)=C1. The lowest BCUT2D eigenvalue weighted by molar-refractivity contribution is 0.903. The number of nitrogens with zero attached hydrogens (tertiary/aromatic N) is 2. The van der Waals surface area contributed by atoms with Crippen molar-refractivity contribution in [3.05, 3.63) is 160 Å². The van der Waals surface area contributed by atoms with E-state index in [1.54, 1.807) is 0 Å². The summed E-state index contributed by atoms with van der Waals surface area (Å²) in [5.74, 6) is 0. The molecule has 6 rings (SSSR count). The van der Waals surface area contributed by atoms with Crippen LogP contribution in [0.3, 0.4) is 0 Å². The number of hydrogen-bond acceptors (Lipinski definition) is 2. The minimum Gasteiger partial charge on any atom is -0.314 e. The van der Waals surface area contributed by atoms with Gasteiger partial charge < -0.3 is 9.80 Å². The summed E-state index contributed by atoms with van der Waals surface area (Å²) in [5, 5.41) is 0. The Morgan fingerprint density at radius 2 is 1.02 bits per heavy atom. The number of aryl methyl sites for hydroxylation is 4. The molecule has 2 aliphatic carbocycles. The molecule has 0 heterocycles. The second-order valence-corrected chi connectivity index (χ2v) is 12.6. The summed E-state index contributed by atoms with van der Waals surface area (Å²) >= 11 is 0. The van der Waals surface area contributed by atoms with Crippen LogP contribution in [0.15, 0.2) is 132 Å². The number of anilines is 4. The average Bonchev–Trinajstić information content (AvgIpc) is 2.98. The third kappa shape index (κ3) is 6.21. The van der Waals surface area contributed by atoms with Crippen molar-refractivity contribution in [2.24, 2.45) is 0 Å². The second-order valence-electron chi connectivity index (χ2n) is 12.6. The quantitative estimate of drug-likeness (QED) is 0.216. The van der Waals surface area contributed by atoms with E-state index in [0.717, 1.165) is 25.7 Å². The van der Waals surface area contributed by atoms with Crippen molar-refractivity contribution < 1.29 is 0 Å². The molecule has 4 aromatic rings. The first-order chi connectivity index (χ1) is 21.3. The van der Waals surface area contributed by atoms with Crippen LogP contribution in [0.2, 0.25) is 0 Å². The molecule has 0 fully saturated rings. The van der Waals surface area contributed by atoms with Crippen LogP contribution in [0, 0.1) is 27.7 Å². The topological polar surface area (TPSA) is 6.48 Å². The Labute approximate surface area is 264 Å². The first kappa shape index (κ1) is 29.5. The summed E-state index contributed by atoms with van der Waals surface area (Å²) in [6.45, 7) is 13.3. The Balaban J connectivity index is 1.38. The first-order valence-electron chi connectivity index (χ1n) is 16.0. The molecule has 0 bridgehead atoms. The van der Waals surface area contributed by atoms with E-state index in [4.69, 9.17) is 0 Å². The van der Waals surface area contributed by atoms with Crippen LogP contribution in [0.4, 0.5) is 22.7 Å². The summed E-state index contributed by atoms with van der Waals surface area (Å²) in [5.41, 5.74) is 18.2. The van der Waals surface area contributed by atoms with Gasteiger partial charge in [0.15, 0.2) is 0 Å². The zero-order valence-electron chi connectivity index (χ0n) is 27.1. The minimum absolute atomic E-state index is 0.990. The summed E-state index contributed by atoms with van der Waals surface area (Å²) in [6, 6.07) is 33.7. The van der Waals surface area contributed by atoms with Crippen LogP contribution in [0.1, 0.15) is 67.3 Å². The van der Waals surface area contributed by atoms with Crippen LogP contribution in [0.25, 0.3) is 5.57 Å². The van der Waals surface area contributed by atoms with E-state index in [9.17, 15) is 0 Å². The lowest BCUT2D eigenvalue weighted by Crippen LogP contribution is -2.19. The standard InChI is InChI=1S/C42H44N2/c1-29-11-7-15-35(23-29)43(36-16-8-12-30(2)24-36)39-19-21-41(33(5)27-39)42-22-20-40(28-34(42)6)44(37-17-9-13-31(3)25-37)38-18-10-14-32(4)26-38/h7-9,11-17,20,22-28H,10,18-19,21H2,1-6H3. The van der Waals surface area contributed by atoms with Crippen LogP contribution < -0.4 is 9.80 Å². The van der Waals surface area contributed by atoms with Gasteiger partial charge in [-0.25, -0.2) is 0 Å². The number of allylic oxidation sites excluding steroid dienone is 8. The zero-order chi connectivity index (χ0) is 30.8. The van der Waals surface area contributed by atoms with E-state index in [1.165, 1.54) is 78.7 Å². The molecular weight excluding hydrogens is 532 g/mol. The van der Waals surface area contributed by atoms with Gasteiger partial charge in [-0.05, 0) is 167 Å². The first-order valence-corrected chi connectivity index (χ1v) is 16.0. The highest BCUT2D eigenvalue weighted by molar-refractivity contribution is 5.80. The maximum atomic E-state index is 2.46. The molecule has 2 nitrogen and oxygen atoms in total. The molecule has 2 aliphatic rings. The van der Waals surface area contributed by atoms with Gasteiger partial charge in [0.2, 0.25) is 0 Å². The van der Waals surface area contributed by atoms with Gasteiger partial charge in [-0.15, -0.1) is 0 Å². The molecular formula is C42H44N2. The van der Waals surface area contributed by atoms with Crippen molar-refractivity contribution in [2.75, 3.05) is 9.80 Å². The normalized spacial score (nSPS) is 15.0. The van der Waals surface area contributed by atoms with Crippen LogP contribution in [-0.2, 0) is 0 Å². The molecule has 0 atom stereocenters. The van der Waals surface area contributed by atoms with Gasteiger partial charge in [0.05, 0.1) is 0 Å². The number of hydrogen-bond donors (Lipinski definition) is 0. The van der Waals surface area contributed by atoms with Gasteiger partial charge >= 0.3 is 0 Å². The monoisotopic (exact) mass is 576 g/mol. The van der Waals surface area contributed by atoms with Gasteiger partial charge in [0.25, 0.3) is 0 Å². The van der Waals surface area contributed by atoms with Gasteiger partial charge in [-0.1, -0.05) is 54.1 Å². The van der Waals surface area contributed by atoms with E-state index in [1.807, 2.05) is 0 Å². The van der Waals surface area contributed by atoms with Crippen molar-refractivity contribution in [2.45, 2.75) is 67.2 Å². The second kappa shape index (κ2) is 12.6. The highest BCUT2D eigenvalue weighted by Gasteiger charge is 2.22. The van der Waals surface area contributed by atoms with E-state index in [0.29, 0.717) is 0 Å². The van der Waals surface area contributed by atoms with Crippen molar-refractivity contribution in [1.29, 1.82) is 0 Å². The fraction of sp³-hybridized carbons (Fsp3) is 0.238. The molecule has 4 aromatic carbocycles. The van der Waals surface area contributed by atoms with Gasteiger partial charge in [-0.2, -0.15) is 0 Å². The molecule has 44 heavy (non-hydrogen) atoms. The third-order valence-corrected chi connectivity index (χ3v) is 8.90. The van der Waals surface area contributed by atoms with Crippen molar-refractivity contribution in [3.63, 3.8) is 0 Å². The predicted molar refractivity (Wildman–Crippen MR) is 190 cm³/mol. The highest BCUT2D eigenvalue weighted by atomic mass is 15.2. The highest BCUT2D eigenvalue weighted by Crippen LogP contribution is 2.41. The predicted octanol–water partition coefficient (Wildman–Crippen LogP) is 12.0. The maximum Gasteiger partial charge on any atom is 0.0461 e. The molecule has 0 aromatic heterocycles. The molecule has 0 aliphatic heterocycles. The van der Waals surface area contributed by atoms with Gasteiger partial charge in [0.1, 0.15) is 0 Å². The molecule has 0 spiro atoms. The Kier molecular flexibility index (Phi) is 8.44. The summed E-state index contributed by atoms with van der Waals surface area (Å²) in [7, 11) is 0. The summed E-state index contributed by atoms with van der Waals surface area (Å²) < 4.78 is 0. The molecule has 0 unspecified atom stereocenters. The van der Waals surface area contributed by atoms with E-state index >= 15 is 0 Å². The van der Waals surface area contributed by atoms with Gasteiger partial charge in [0, 0.05) is 34.1 Å². The van der Waals surface area contributed by atoms with Crippen molar-refractivity contribution >= 4 is 28.3 Å². The molecule has 0 N–H and O–H groups in total. The Hall–Kier alpha value is -4.56. The molecule has 0 amide bonds. The van der Waals surface area contributed by atoms with Crippen LogP contribution in [-0.4, -0.2) is 0 Å². The van der Waals surface area contributed by atoms with Gasteiger partial charge in [-0.3, -0.25) is 0 Å². The molecule has 2 heteroatoms. The fourth-order valence-electron chi connectivity index (χ4n) is 6.79. The summed E-state index contributed by atoms with van der Waals surface area (Å²) in [6.07, 6.45) is 11.2. The smallest absolute Gasteiger partial charge is 0.0461 e. The van der Waals surface area contributed by atoms with Crippen LogP contribution in [0.5, 0.6) is 0 Å². The lowest BCUT2D eigenvalue weighted by atomic mass is 9.87. The zero-order valence-corrected chi connectivity index (χ0v) is 27.1. The number of rotatable bonds is 7. The van der Waals surface area contributed by atoms with E-state index in [2.05, 4.69) is 161 Å². The van der Waals surface area contributed by atoms with Crippen molar-refractivity contribution in [3.8, 4) is 0 Å². The lowest BCUT2D eigenvalue weighted by Gasteiger charge is -2.32. The van der Waals surface area contributed by atoms with Crippen molar-refractivity contribution in [1.82, 2.24) is 0 Å².